The third kappa shape index (κ3) is 1.43. The first-order valence-electron chi connectivity index (χ1n) is 5.68. The van der Waals surface area contributed by atoms with Crippen LogP contribution in [0.4, 0.5) is 0 Å². The highest BCUT2D eigenvalue weighted by atomic mass is 16.2. The minimum atomic E-state index is 0.0342. The van der Waals surface area contributed by atoms with Crippen molar-refractivity contribution in [1.82, 2.24) is 9.80 Å². The van der Waals surface area contributed by atoms with Gasteiger partial charge in [-0.15, -0.1) is 0 Å². The molecule has 0 N–H and O–H groups in total. The molecule has 3 aliphatic rings. The normalized spacial score (nSPS) is 28.3. The summed E-state index contributed by atoms with van der Waals surface area (Å²) in [5.41, 5.74) is 0. The van der Waals surface area contributed by atoms with Gasteiger partial charge in [-0.3, -0.25) is 9.59 Å². The Kier molecular flexibility index (Phi) is 2.44. The van der Waals surface area contributed by atoms with Crippen molar-refractivity contribution in [2.45, 2.75) is 45.8 Å². The van der Waals surface area contributed by atoms with Crippen molar-refractivity contribution in [3.05, 3.63) is 0 Å². The Morgan fingerprint density at radius 2 is 2.07 bits per heavy atom. The fraction of sp³-hybridized carbons (Fsp3) is 0.818. The van der Waals surface area contributed by atoms with Crippen LogP contribution in [0.3, 0.4) is 0 Å². The minimum absolute atomic E-state index is 0.0342. The number of amides is 2. The highest BCUT2D eigenvalue weighted by Gasteiger charge is 2.53. The van der Waals surface area contributed by atoms with E-state index in [1.165, 1.54) is 0 Å². The Bertz CT molecular complexity index is 301. The summed E-state index contributed by atoms with van der Waals surface area (Å²) < 4.78 is 0. The van der Waals surface area contributed by atoms with Crippen LogP contribution in [0.25, 0.3) is 0 Å². The van der Waals surface area contributed by atoms with E-state index in [-0.39, 0.29) is 23.9 Å². The van der Waals surface area contributed by atoms with E-state index in [1.807, 2.05) is 30.6 Å². The smallest absolute Gasteiger partial charge is 0.227 e. The van der Waals surface area contributed by atoms with Crippen molar-refractivity contribution in [2.24, 2.45) is 5.92 Å². The van der Waals surface area contributed by atoms with E-state index in [0.29, 0.717) is 12.5 Å². The quantitative estimate of drug-likeness (QED) is 0.677. The molecule has 0 spiro atoms. The molecular formula is C11H18N2O2. The highest BCUT2D eigenvalue weighted by Crippen LogP contribution is 2.38. The summed E-state index contributed by atoms with van der Waals surface area (Å²) in [4.78, 5) is 27.1. The summed E-state index contributed by atoms with van der Waals surface area (Å²) in [7, 11) is 0. The monoisotopic (exact) mass is 210 g/mol. The van der Waals surface area contributed by atoms with Crippen molar-refractivity contribution >= 4 is 11.8 Å². The lowest BCUT2D eigenvalue weighted by atomic mass is 10.0. The van der Waals surface area contributed by atoms with Crippen LogP contribution >= 0.6 is 0 Å². The molecule has 3 saturated heterocycles. The average molecular weight is 210 g/mol. The predicted molar refractivity (Wildman–Crippen MR) is 55.9 cm³/mol. The molecule has 2 atom stereocenters. The molecule has 3 aliphatic heterocycles. The molecular weight excluding hydrogens is 192 g/mol. The van der Waals surface area contributed by atoms with Crippen LogP contribution in [-0.2, 0) is 9.59 Å². The van der Waals surface area contributed by atoms with Gasteiger partial charge in [0.1, 0.15) is 6.17 Å². The van der Waals surface area contributed by atoms with Crippen LogP contribution < -0.4 is 0 Å². The standard InChI is InChI=1S/C11H18N2O2/c1-4-10(14)12-6-8-5-9(12)13(8)11(15)7(2)3/h7-9H,4-6H2,1-3H3. The van der Waals surface area contributed by atoms with E-state index < -0.39 is 0 Å². The summed E-state index contributed by atoms with van der Waals surface area (Å²) >= 11 is 0. The van der Waals surface area contributed by atoms with E-state index in [4.69, 9.17) is 0 Å². The SMILES string of the molecule is CCC(=O)N1CC2CC1N2C(=O)C(C)C. The van der Waals surface area contributed by atoms with Gasteiger partial charge in [0.2, 0.25) is 11.8 Å². The second-order valence-electron chi connectivity index (χ2n) is 4.67. The molecule has 0 saturated carbocycles. The molecule has 0 radical (unpaired) electrons. The Morgan fingerprint density at radius 3 is 2.60 bits per heavy atom. The van der Waals surface area contributed by atoms with Crippen LogP contribution in [0, 0.1) is 5.92 Å². The largest absolute Gasteiger partial charge is 0.320 e. The summed E-state index contributed by atoms with van der Waals surface area (Å²) in [6.07, 6.45) is 1.58. The van der Waals surface area contributed by atoms with Gasteiger partial charge in [-0.25, -0.2) is 0 Å². The number of hydrogen-bond acceptors (Lipinski definition) is 2. The lowest BCUT2D eigenvalue weighted by Gasteiger charge is -2.41. The molecule has 4 nitrogen and oxygen atoms in total. The van der Waals surface area contributed by atoms with Gasteiger partial charge in [-0.05, 0) is 0 Å². The zero-order valence-corrected chi connectivity index (χ0v) is 9.56. The van der Waals surface area contributed by atoms with E-state index in [1.54, 1.807) is 0 Å². The van der Waals surface area contributed by atoms with Crippen molar-refractivity contribution in [1.29, 1.82) is 0 Å². The molecule has 3 fully saturated rings. The van der Waals surface area contributed by atoms with Crippen LogP contribution in [0.5, 0.6) is 0 Å². The van der Waals surface area contributed by atoms with E-state index in [0.717, 1.165) is 13.0 Å². The summed E-state index contributed by atoms with van der Waals surface area (Å²) in [5, 5.41) is 0. The molecule has 0 aromatic carbocycles. The minimum Gasteiger partial charge on any atom is -0.320 e. The predicted octanol–water partition coefficient (Wildman–Crippen LogP) is 0.822. The van der Waals surface area contributed by atoms with Crippen LogP contribution in [0.15, 0.2) is 0 Å². The van der Waals surface area contributed by atoms with E-state index in [9.17, 15) is 9.59 Å². The Hall–Kier alpha value is -1.06. The van der Waals surface area contributed by atoms with Gasteiger partial charge in [-0.1, -0.05) is 20.8 Å². The molecule has 2 bridgehead atoms. The Morgan fingerprint density at radius 1 is 1.40 bits per heavy atom. The molecule has 2 amide bonds. The molecule has 0 aromatic heterocycles. The van der Waals surface area contributed by atoms with Crippen molar-refractivity contribution < 1.29 is 9.59 Å². The Labute approximate surface area is 90.2 Å². The molecule has 4 heteroatoms. The maximum atomic E-state index is 11.8. The second-order valence-corrected chi connectivity index (χ2v) is 4.67. The first-order valence-corrected chi connectivity index (χ1v) is 5.68. The summed E-state index contributed by atoms with van der Waals surface area (Å²) in [6, 6.07) is 0.292. The molecule has 84 valence electrons. The van der Waals surface area contributed by atoms with Crippen LogP contribution in [0.2, 0.25) is 0 Å². The number of hydrogen-bond donors (Lipinski definition) is 0. The fourth-order valence-electron chi connectivity index (χ4n) is 2.46. The molecule has 3 rings (SSSR count). The second kappa shape index (κ2) is 3.51. The van der Waals surface area contributed by atoms with Gasteiger partial charge in [0, 0.05) is 25.3 Å². The first-order chi connectivity index (χ1) is 7.06. The molecule has 3 heterocycles. The van der Waals surface area contributed by atoms with Gasteiger partial charge in [0.25, 0.3) is 0 Å². The van der Waals surface area contributed by atoms with Gasteiger partial charge < -0.3 is 9.80 Å². The van der Waals surface area contributed by atoms with Gasteiger partial charge in [0.05, 0.1) is 6.04 Å². The number of carbonyl (C=O) groups is 2. The number of rotatable bonds is 2. The summed E-state index contributed by atoms with van der Waals surface area (Å²) in [5.74, 6) is 0.385. The van der Waals surface area contributed by atoms with E-state index >= 15 is 0 Å². The molecule has 0 aliphatic carbocycles. The first kappa shape index (κ1) is 10.5. The highest BCUT2D eigenvalue weighted by molar-refractivity contribution is 5.83. The molecule has 2 unspecified atom stereocenters. The molecule has 0 aromatic rings. The van der Waals surface area contributed by atoms with Gasteiger partial charge in [-0.2, -0.15) is 0 Å². The van der Waals surface area contributed by atoms with Crippen LogP contribution in [-0.4, -0.2) is 40.4 Å². The van der Waals surface area contributed by atoms with Crippen LogP contribution in [0.1, 0.15) is 33.6 Å². The number of fused-ring (bicyclic) bond motifs is 1. The topological polar surface area (TPSA) is 40.6 Å². The lowest BCUT2D eigenvalue weighted by Crippen LogP contribution is -2.56. The summed E-state index contributed by atoms with van der Waals surface area (Å²) in [6.45, 7) is 6.43. The molecule has 15 heavy (non-hydrogen) atoms. The third-order valence-electron chi connectivity index (χ3n) is 3.34. The third-order valence-corrected chi connectivity index (χ3v) is 3.34. The average Bonchev–Trinajstić information content (AvgIpc) is 2.73. The van der Waals surface area contributed by atoms with E-state index in [2.05, 4.69) is 0 Å². The zero-order chi connectivity index (χ0) is 11.2. The fourth-order valence-corrected chi connectivity index (χ4v) is 2.46. The van der Waals surface area contributed by atoms with Gasteiger partial charge >= 0.3 is 0 Å². The van der Waals surface area contributed by atoms with Crippen molar-refractivity contribution in [3.63, 3.8) is 0 Å². The maximum absolute atomic E-state index is 11.8. The zero-order valence-electron chi connectivity index (χ0n) is 9.56. The van der Waals surface area contributed by atoms with Crippen molar-refractivity contribution in [3.8, 4) is 0 Å². The number of carbonyl (C=O) groups excluding carboxylic acids is 2. The lowest BCUT2D eigenvalue weighted by molar-refractivity contribution is -0.149. The maximum Gasteiger partial charge on any atom is 0.227 e. The van der Waals surface area contributed by atoms with Gasteiger partial charge in [0.15, 0.2) is 0 Å². The van der Waals surface area contributed by atoms with Crippen molar-refractivity contribution in [2.75, 3.05) is 6.54 Å². The number of nitrogens with zero attached hydrogens (tertiary/aromatic N) is 2. The Balaban J connectivity index is 2.05.